The van der Waals surface area contributed by atoms with Gasteiger partial charge in [0.15, 0.2) is 4.80 Å². The van der Waals surface area contributed by atoms with E-state index in [-0.39, 0.29) is 6.54 Å². The molecule has 0 aliphatic heterocycles. The number of carbonyl (C=O) groups excluding carboxylic acids is 2. The summed E-state index contributed by atoms with van der Waals surface area (Å²) < 4.78 is 7.66. The first kappa shape index (κ1) is 19.1. The molecule has 0 fully saturated rings. The summed E-state index contributed by atoms with van der Waals surface area (Å²) in [7, 11) is 1.29. The number of fused-ring (bicyclic) bond motifs is 1. The summed E-state index contributed by atoms with van der Waals surface area (Å²) in [5.74, 6) is -0.930. The monoisotopic (exact) mass is 472 g/mol. The van der Waals surface area contributed by atoms with Gasteiger partial charge in [-0.25, -0.2) is 0 Å². The number of rotatable bonds is 3. The molecule has 2 aromatic carbocycles. The van der Waals surface area contributed by atoms with E-state index in [0.717, 1.165) is 4.70 Å². The number of thiazole rings is 1. The molecule has 0 atom stereocenters. The van der Waals surface area contributed by atoms with Crippen LogP contribution in [0.4, 0.5) is 0 Å². The molecule has 134 valence electrons. The van der Waals surface area contributed by atoms with Gasteiger partial charge in [-0.05, 0) is 40.2 Å². The predicted molar refractivity (Wildman–Crippen MR) is 106 cm³/mol. The smallest absolute Gasteiger partial charge is 0.325 e. The third-order valence-electron chi connectivity index (χ3n) is 3.55. The van der Waals surface area contributed by atoms with Crippen molar-refractivity contribution in [3.05, 3.63) is 61.3 Å². The number of benzene rings is 2. The minimum Gasteiger partial charge on any atom is -0.468 e. The highest BCUT2D eigenvalue weighted by Crippen LogP contribution is 2.32. The van der Waals surface area contributed by atoms with Crippen molar-refractivity contribution >= 4 is 72.6 Å². The van der Waals surface area contributed by atoms with Gasteiger partial charge in [0, 0.05) is 4.47 Å². The molecule has 0 N–H and O–H groups in total. The fourth-order valence-corrected chi connectivity index (χ4v) is 4.28. The molecule has 1 aromatic heterocycles. The topological polar surface area (TPSA) is 60.7 Å². The number of aromatic nitrogens is 1. The van der Waals surface area contributed by atoms with Crippen LogP contribution in [0, 0.1) is 0 Å². The Kier molecular flexibility index (Phi) is 5.82. The van der Waals surface area contributed by atoms with Crippen LogP contribution in [0.1, 0.15) is 10.4 Å². The number of carbonyl (C=O) groups is 2. The average molecular weight is 474 g/mol. The van der Waals surface area contributed by atoms with Crippen LogP contribution in [-0.2, 0) is 16.1 Å². The van der Waals surface area contributed by atoms with Crippen LogP contribution in [0.5, 0.6) is 0 Å². The van der Waals surface area contributed by atoms with Crippen molar-refractivity contribution < 1.29 is 14.3 Å². The van der Waals surface area contributed by atoms with E-state index in [1.54, 1.807) is 36.4 Å². The Morgan fingerprint density at radius 3 is 2.65 bits per heavy atom. The first-order valence-electron chi connectivity index (χ1n) is 7.30. The van der Waals surface area contributed by atoms with Gasteiger partial charge >= 0.3 is 5.97 Å². The Bertz CT molecular complexity index is 1090. The van der Waals surface area contributed by atoms with Gasteiger partial charge in [-0.15, -0.1) is 0 Å². The third-order valence-corrected chi connectivity index (χ3v) is 6.08. The van der Waals surface area contributed by atoms with Crippen molar-refractivity contribution in [2.45, 2.75) is 6.54 Å². The van der Waals surface area contributed by atoms with Crippen molar-refractivity contribution in [1.29, 1.82) is 0 Å². The normalized spacial score (nSPS) is 11.8. The van der Waals surface area contributed by atoms with E-state index in [2.05, 4.69) is 20.9 Å². The molecule has 0 bridgehead atoms. The molecule has 0 saturated heterocycles. The fraction of sp³-hybridized carbons (Fsp3) is 0.118. The molecular weight excluding hydrogens is 463 g/mol. The Hall–Kier alpha value is -1.67. The van der Waals surface area contributed by atoms with Gasteiger partial charge in [0.05, 0.1) is 32.9 Å². The molecule has 0 aliphatic rings. The number of ether oxygens (including phenoxy) is 1. The van der Waals surface area contributed by atoms with Crippen molar-refractivity contribution in [2.24, 2.45) is 4.99 Å². The minimum atomic E-state index is -0.490. The van der Waals surface area contributed by atoms with Crippen molar-refractivity contribution in [2.75, 3.05) is 7.11 Å². The van der Waals surface area contributed by atoms with Gasteiger partial charge in [-0.2, -0.15) is 4.99 Å². The first-order chi connectivity index (χ1) is 12.4. The number of hydrogen-bond donors (Lipinski definition) is 0. The first-order valence-corrected chi connectivity index (χ1v) is 9.66. The number of nitrogens with zero attached hydrogens (tertiary/aromatic N) is 2. The maximum atomic E-state index is 12.6. The zero-order chi connectivity index (χ0) is 18.8. The van der Waals surface area contributed by atoms with E-state index in [9.17, 15) is 9.59 Å². The summed E-state index contributed by atoms with van der Waals surface area (Å²) in [5, 5.41) is 0.637. The molecular formula is C17H11BrCl2N2O3S. The zero-order valence-electron chi connectivity index (χ0n) is 13.3. The molecule has 0 saturated carbocycles. The molecule has 0 radical (unpaired) electrons. The number of hydrogen-bond acceptors (Lipinski definition) is 4. The van der Waals surface area contributed by atoms with Gasteiger partial charge in [0.1, 0.15) is 6.54 Å². The van der Waals surface area contributed by atoms with E-state index in [1.165, 1.54) is 23.0 Å². The van der Waals surface area contributed by atoms with Crippen molar-refractivity contribution in [1.82, 2.24) is 4.57 Å². The van der Waals surface area contributed by atoms with E-state index in [4.69, 9.17) is 27.9 Å². The Morgan fingerprint density at radius 1 is 1.23 bits per heavy atom. The van der Waals surface area contributed by atoms with Crippen LogP contribution in [-0.4, -0.2) is 23.6 Å². The Balaban J connectivity index is 2.23. The molecule has 26 heavy (non-hydrogen) atoms. The van der Waals surface area contributed by atoms with E-state index >= 15 is 0 Å². The quantitative estimate of drug-likeness (QED) is 0.518. The van der Waals surface area contributed by atoms with Gasteiger partial charge in [0.25, 0.3) is 5.91 Å². The lowest BCUT2D eigenvalue weighted by molar-refractivity contribution is -0.141. The lowest BCUT2D eigenvalue weighted by Crippen LogP contribution is -2.22. The summed E-state index contributed by atoms with van der Waals surface area (Å²) in [5.41, 5.74) is 0.951. The van der Waals surface area contributed by atoms with Gasteiger partial charge in [-0.3, -0.25) is 9.59 Å². The fourth-order valence-electron chi connectivity index (χ4n) is 2.31. The predicted octanol–water partition coefficient (Wildman–Crippen LogP) is 4.69. The molecule has 9 heteroatoms. The van der Waals surface area contributed by atoms with Crippen LogP contribution in [0.2, 0.25) is 10.0 Å². The molecule has 0 spiro atoms. The highest BCUT2D eigenvalue weighted by molar-refractivity contribution is 9.10. The number of amides is 1. The molecule has 3 aromatic rings. The zero-order valence-corrected chi connectivity index (χ0v) is 17.2. The van der Waals surface area contributed by atoms with E-state index in [0.29, 0.717) is 30.4 Å². The maximum absolute atomic E-state index is 12.6. The molecule has 1 amide bonds. The van der Waals surface area contributed by atoms with Crippen LogP contribution in [0.25, 0.3) is 10.2 Å². The second-order valence-corrected chi connectivity index (χ2v) is 7.80. The standard InChI is InChI=1S/C17H11BrCl2N2O3S/c1-25-13(23)8-22-15-12(7-6-11(19)14(15)20)26-17(22)21-16(24)9-4-2-3-5-10(9)18/h2-7H,8H2,1H3. The van der Waals surface area contributed by atoms with Crippen LogP contribution >= 0.6 is 50.5 Å². The third kappa shape index (κ3) is 3.71. The maximum Gasteiger partial charge on any atom is 0.325 e. The highest BCUT2D eigenvalue weighted by Gasteiger charge is 2.17. The summed E-state index contributed by atoms with van der Waals surface area (Å²) in [4.78, 5) is 28.9. The van der Waals surface area contributed by atoms with Crippen LogP contribution in [0.3, 0.4) is 0 Å². The lowest BCUT2D eigenvalue weighted by atomic mass is 10.2. The molecule has 0 aliphatic carbocycles. The summed E-state index contributed by atoms with van der Waals surface area (Å²) in [6.45, 7) is -0.140. The molecule has 0 unspecified atom stereocenters. The van der Waals surface area contributed by atoms with Gasteiger partial charge in [-0.1, -0.05) is 46.7 Å². The van der Waals surface area contributed by atoms with E-state index in [1.807, 2.05) is 0 Å². The second kappa shape index (κ2) is 7.92. The van der Waals surface area contributed by atoms with Crippen LogP contribution in [0.15, 0.2) is 45.9 Å². The highest BCUT2D eigenvalue weighted by atomic mass is 79.9. The molecule has 5 nitrogen and oxygen atoms in total. The molecule has 1 heterocycles. The number of esters is 1. The van der Waals surface area contributed by atoms with Gasteiger partial charge in [0.2, 0.25) is 0 Å². The molecule has 3 rings (SSSR count). The SMILES string of the molecule is COC(=O)Cn1c(=NC(=O)c2ccccc2Br)sc2ccc(Cl)c(Cl)c21. The lowest BCUT2D eigenvalue weighted by Gasteiger charge is -2.06. The van der Waals surface area contributed by atoms with Crippen molar-refractivity contribution in [3.8, 4) is 0 Å². The largest absolute Gasteiger partial charge is 0.468 e. The Labute approximate surface area is 171 Å². The number of methoxy groups -OCH3 is 1. The van der Waals surface area contributed by atoms with E-state index < -0.39 is 11.9 Å². The Morgan fingerprint density at radius 2 is 1.96 bits per heavy atom. The second-order valence-electron chi connectivity index (χ2n) is 5.15. The summed E-state index contributed by atoms with van der Waals surface area (Å²) in [6.07, 6.45) is 0. The van der Waals surface area contributed by atoms with Crippen molar-refractivity contribution in [3.63, 3.8) is 0 Å². The average Bonchev–Trinajstić information content (AvgIpc) is 2.96. The minimum absolute atomic E-state index is 0.140. The summed E-state index contributed by atoms with van der Waals surface area (Å²) in [6, 6.07) is 10.4. The van der Waals surface area contributed by atoms with Gasteiger partial charge < -0.3 is 9.30 Å². The van der Waals surface area contributed by atoms with Crippen LogP contribution < -0.4 is 4.80 Å². The summed E-state index contributed by atoms with van der Waals surface area (Å²) >= 11 is 17.0. The number of halogens is 3.